The molecule has 2 rings (SSSR count). The van der Waals surface area contributed by atoms with Crippen LogP contribution in [0.4, 0.5) is 5.69 Å². The minimum absolute atomic E-state index is 0.309. The summed E-state index contributed by atoms with van der Waals surface area (Å²) < 4.78 is 12.5. The molecule has 0 aromatic carbocycles. The molecule has 1 aliphatic rings. The fourth-order valence-corrected chi connectivity index (χ4v) is 2.29. The first kappa shape index (κ1) is 14.2. The van der Waals surface area contributed by atoms with E-state index in [1.807, 2.05) is 0 Å². The first-order valence-corrected chi connectivity index (χ1v) is 6.65. The number of pyridine rings is 1. The lowest BCUT2D eigenvalue weighted by Crippen LogP contribution is -2.29. The second-order valence-electron chi connectivity index (χ2n) is 4.11. The molecule has 0 bridgehead atoms. The molecular weight excluding hydrogens is 320 g/mol. The lowest BCUT2D eigenvalue weighted by molar-refractivity contribution is -0.386. The Morgan fingerprint density at radius 1 is 1.47 bits per heavy atom. The Balaban J connectivity index is 2.11. The molecule has 104 valence electrons. The van der Waals surface area contributed by atoms with Crippen molar-refractivity contribution in [1.82, 2.24) is 4.57 Å². The molecule has 7 nitrogen and oxygen atoms in total. The quantitative estimate of drug-likeness (QED) is 0.618. The smallest absolute Gasteiger partial charge is 0.335 e. The van der Waals surface area contributed by atoms with Gasteiger partial charge in [-0.15, -0.1) is 0 Å². The summed E-state index contributed by atoms with van der Waals surface area (Å²) in [7, 11) is 0. The maximum absolute atomic E-state index is 11.9. The van der Waals surface area contributed by atoms with Crippen molar-refractivity contribution in [2.45, 2.75) is 25.7 Å². The summed E-state index contributed by atoms with van der Waals surface area (Å²) in [5, 5.41) is 10.8. The van der Waals surface area contributed by atoms with Crippen LogP contribution in [0.15, 0.2) is 21.5 Å². The fourth-order valence-electron chi connectivity index (χ4n) is 1.83. The van der Waals surface area contributed by atoms with E-state index in [1.165, 1.54) is 16.8 Å². The molecule has 0 aliphatic carbocycles. The van der Waals surface area contributed by atoms with Crippen molar-refractivity contribution in [3.05, 3.63) is 37.2 Å². The summed E-state index contributed by atoms with van der Waals surface area (Å²) in [5.74, 6) is 0. The lowest BCUT2D eigenvalue weighted by atomic mass is 10.3. The molecule has 1 aliphatic heterocycles. The van der Waals surface area contributed by atoms with E-state index in [0.717, 1.165) is 6.42 Å². The van der Waals surface area contributed by atoms with E-state index in [-0.39, 0.29) is 6.29 Å². The third-order valence-corrected chi connectivity index (χ3v) is 3.17. The van der Waals surface area contributed by atoms with Crippen LogP contribution in [0.1, 0.15) is 12.8 Å². The highest BCUT2D eigenvalue weighted by Crippen LogP contribution is 2.15. The zero-order valence-corrected chi connectivity index (χ0v) is 11.7. The Kier molecular flexibility index (Phi) is 4.67. The summed E-state index contributed by atoms with van der Waals surface area (Å²) in [5.41, 5.74) is -1.07. The van der Waals surface area contributed by atoms with Crippen LogP contribution in [-0.4, -0.2) is 29.0 Å². The topological polar surface area (TPSA) is 83.6 Å². The van der Waals surface area contributed by atoms with E-state index < -0.39 is 16.2 Å². The molecule has 0 amide bonds. The summed E-state index contributed by atoms with van der Waals surface area (Å²) in [6.45, 7) is 1.58. The van der Waals surface area contributed by atoms with Gasteiger partial charge in [0.1, 0.15) is 0 Å². The van der Waals surface area contributed by atoms with Gasteiger partial charge in [0.05, 0.1) is 18.1 Å². The summed E-state index contributed by atoms with van der Waals surface area (Å²) in [6, 6.07) is 1.20. The summed E-state index contributed by atoms with van der Waals surface area (Å²) in [4.78, 5) is 21.9. The second kappa shape index (κ2) is 6.27. The molecule has 2 heterocycles. The van der Waals surface area contributed by atoms with E-state index in [4.69, 9.17) is 9.47 Å². The number of nitro groups is 1. The van der Waals surface area contributed by atoms with Crippen LogP contribution < -0.4 is 5.56 Å². The van der Waals surface area contributed by atoms with Crippen molar-refractivity contribution in [2.24, 2.45) is 0 Å². The van der Waals surface area contributed by atoms with Gasteiger partial charge in [-0.25, -0.2) is 0 Å². The normalized spacial score (nSPS) is 16.5. The molecule has 1 saturated heterocycles. The molecular formula is C11H13BrN2O5. The molecule has 0 saturated carbocycles. The van der Waals surface area contributed by atoms with E-state index >= 15 is 0 Å². The molecule has 8 heteroatoms. The Morgan fingerprint density at radius 3 is 2.79 bits per heavy atom. The van der Waals surface area contributed by atoms with Gasteiger partial charge in [0.2, 0.25) is 0 Å². The Bertz CT molecular complexity index is 524. The number of aryl methyl sites for hydroxylation is 1. The molecule has 0 atom stereocenters. The number of rotatable bonds is 4. The number of ether oxygens (including phenoxy) is 2. The number of hydrogen-bond donors (Lipinski definition) is 0. The Hall–Kier alpha value is -1.25. The molecule has 19 heavy (non-hydrogen) atoms. The molecule has 0 N–H and O–H groups in total. The van der Waals surface area contributed by atoms with E-state index in [0.29, 0.717) is 30.7 Å². The highest BCUT2D eigenvalue weighted by Gasteiger charge is 2.18. The van der Waals surface area contributed by atoms with Crippen LogP contribution in [0.5, 0.6) is 0 Å². The predicted molar refractivity (Wildman–Crippen MR) is 70.0 cm³/mol. The number of hydrogen-bond acceptors (Lipinski definition) is 5. The van der Waals surface area contributed by atoms with Gasteiger partial charge in [-0.2, -0.15) is 0 Å². The summed E-state index contributed by atoms with van der Waals surface area (Å²) >= 11 is 3.15. The fraction of sp³-hybridized carbons (Fsp3) is 0.545. The third kappa shape index (κ3) is 3.62. The van der Waals surface area contributed by atoms with Gasteiger partial charge in [0.15, 0.2) is 6.29 Å². The van der Waals surface area contributed by atoms with Crippen molar-refractivity contribution in [1.29, 1.82) is 0 Å². The highest BCUT2D eigenvalue weighted by molar-refractivity contribution is 9.10. The zero-order valence-electron chi connectivity index (χ0n) is 10.1. The molecule has 0 spiro atoms. The van der Waals surface area contributed by atoms with Gasteiger partial charge in [-0.3, -0.25) is 14.9 Å². The minimum atomic E-state index is -0.683. The second-order valence-corrected chi connectivity index (χ2v) is 5.03. The monoisotopic (exact) mass is 332 g/mol. The van der Waals surface area contributed by atoms with E-state index in [9.17, 15) is 14.9 Å². The van der Waals surface area contributed by atoms with Gasteiger partial charge in [0.25, 0.3) is 0 Å². The molecule has 0 unspecified atom stereocenters. The van der Waals surface area contributed by atoms with Crippen LogP contribution in [-0.2, 0) is 16.0 Å². The van der Waals surface area contributed by atoms with Gasteiger partial charge >= 0.3 is 11.2 Å². The van der Waals surface area contributed by atoms with Crippen LogP contribution in [0.2, 0.25) is 0 Å². The zero-order chi connectivity index (χ0) is 13.8. The number of nitrogens with zero attached hydrogens (tertiary/aromatic N) is 2. The van der Waals surface area contributed by atoms with Crippen molar-refractivity contribution < 1.29 is 14.4 Å². The number of aromatic nitrogens is 1. The van der Waals surface area contributed by atoms with Crippen LogP contribution in [0, 0.1) is 10.1 Å². The van der Waals surface area contributed by atoms with Gasteiger partial charge < -0.3 is 14.0 Å². The predicted octanol–water partition coefficient (Wildman–Crippen LogP) is 1.67. The Labute approximate surface area is 117 Å². The van der Waals surface area contributed by atoms with Crippen molar-refractivity contribution >= 4 is 21.6 Å². The van der Waals surface area contributed by atoms with E-state index in [2.05, 4.69) is 15.9 Å². The van der Waals surface area contributed by atoms with Crippen molar-refractivity contribution in [3.63, 3.8) is 0 Å². The van der Waals surface area contributed by atoms with Crippen LogP contribution >= 0.6 is 15.9 Å². The first-order chi connectivity index (χ1) is 9.08. The summed E-state index contributed by atoms with van der Waals surface area (Å²) in [6.07, 6.45) is 2.52. The molecule has 0 radical (unpaired) electrons. The van der Waals surface area contributed by atoms with E-state index in [1.54, 1.807) is 0 Å². The van der Waals surface area contributed by atoms with Crippen LogP contribution in [0.25, 0.3) is 0 Å². The Morgan fingerprint density at radius 2 is 2.16 bits per heavy atom. The largest absolute Gasteiger partial charge is 0.353 e. The van der Waals surface area contributed by atoms with Gasteiger partial charge in [-0.05, 0) is 22.4 Å². The average molecular weight is 333 g/mol. The number of halogens is 1. The van der Waals surface area contributed by atoms with Gasteiger partial charge in [-0.1, -0.05) is 0 Å². The molecule has 1 aromatic heterocycles. The van der Waals surface area contributed by atoms with Crippen LogP contribution in [0.3, 0.4) is 0 Å². The average Bonchev–Trinajstić information content (AvgIpc) is 2.40. The maximum atomic E-state index is 11.9. The molecule has 1 fully saturated rings. The first-order valence-electron chi connectivity index (χ1n) is 5.85. The maximum Gasteiger partial charge on any atom is 0.335 e. The van der Waals surface area contributed by atoms with Gasteiger partial charge in [0, 0.05) is 29.7 Å². The minimum Gasteiger partial charge on any atom is -0.353 e. The highest BCUT2D eigenvalue weighted by atomic mass is 79.9. The molecule has 1 aromatic rings. The van der Waals surface area contributed by atoms with Crippen molar-refractivity contribution in [3.8, 4) is 0 Å². The SMILES string of the molecule is O=c1c([N+](=O)[O-])cc(Br)cn1CCC1OCCCO1. The standard InChI is InChI=1S/C11H13BrN2O5/c12-8-6-9(14(16)17)11(15)13(7-8)3-2-10-18-4-1-5-19-10/h6-7,10H,1-5H2. The van der Waals surface area contributed by atoms with Crippen molar-refractivity contribution in [2.75, 3.05) is 13.2 Å². The lowest BCUT2D eigenvalue weighted by Gasteiger charge is -2.23. The third-order valence-electron chi connectivity index (χ3n) is 2.73.